The van der Waals surface area contributed by atoms with E-state index < -0.39 is 0 Å². The van der Waals surface area contributed by atoms with Crippen LogP contribution in [0.1, 0.15) is 26.7 Å². The highest BCUT2D eigenvalue weighted by Crippen LogP contribution is 2.15. The summed E-state index contributed by atoms with van der Waals surface area (Å²) in [6.07, 6.45) is 2.08. The highest BCUT2D eigenvalue weighted by Gasteiger charge is 2.22. The van der Waals surface area contributed by atoms with Crippen molar-refractivity contribution in [1.82, 2.24) is 4.90 Å². The number of morpholine rings is 1. The first kappa shape index (κ1) is 12.0. The number of hydrogen-bond donors (Lipinski definition) is 1. The van der Waals surface area contributed by atoms with Gasteiger partial charge in [0, 0.05) is 25.7 Å². The molecule has 1 atom stereocenters. The number of aliphatic hydroxyl groups excluding tert-OH is 1. The molecule has 14 heavy (non-hydrogen) atoms. The van der Waals surface area contributed by atoms with E-state index in [2.05, 4.69) is 18.7 Å². The lowest BCUT2D eigenvalue weighted by atomic mass is 10.0. The molecule has 3 heteroatoms. The maximum atomic E-state index is 8.81. The summed E-state index contributed by atoms with van der Waals surface area (Å²) in [5, 5.41) is 8.81. The summed E-state index contributed by atoms with van der Waals surface area (Å²) in [5.41, 5.74) is 0. The highest BCUT2D eigenvalue weighted by atomic mass is 16.5. The van der Waals surface area contributed by atoms with Crippen LogP contribution in [0.5, 0.6) is 0 Å². The van der Waals surface area contributed by atoms with Crippen molar-refractivity contribution in [2.24, 2.45) is 5.92 Å². The van der Waals surface area contributed by atoms with E-state index in [0.717, 1.165) is 38.6 Å². The molecule has 1 aliphatic rings. The van der Waals surface area contributed by atoms with Crippen LogP contribution in [-0.2, 0) is 4.74 Å². The number of hydrogen-bond acceptors (Lipinski definition) is 3. The second-order valence-electron chi connectivity index (χ2n) is 4.47. The van der Waals surface area contributed by atoms with Crippen molar-refractivity contribution in [2.45, 2.75) is 32.7 Å². The van der Waals surface area contributed by atoms with Gasteiger partial charge in [-0.25, -0.2) is 0 Å². The van der Waals surface area contributed by atoms with Crippen LogP contribution in [0.4, 0.5) is 0 Å². The normalized spacial score (nSPS) is 24.4. The van der Waals surface area contributed by atoms with Crippen molar-refractivity contribution in [3.8, 4) is 0 Å². The Kier molecular flexibility index (Phi) is 5.45. The third-order valence-electron chi connectivity index (χ3n) is 2.70. The molecule has 0 bridgehead atoms. The quantitative estimate of drug-likeness (QED) is 0.723. The fourth-order valence-electron chi connectivity index (χ4n) is 2.02. The molecule has 0 spiro atoms. The van der Waals surface area contributed by atoms with Gasteiger partial charge in [0.15, 0.2) is 0 Å². The molecule has 1 unspecified atom stereocenters. The van der Waals surface area contributed by atoms with Crippen molar-refractivity contribution in [3.63, 3.8) is 0 Å². The Morgan fingerprint density at radius 2 is 2.29 bits per heavy atom. The molecule has 1 aliphatic heterocycles. The number of aliphatic hydroxyl groups is 1. The maximum absolute atomic E-state index is 8.81. The predicted octanol–water partition coefficient (Wildman–Crippen LogP) is 1.12. The molecular weight excluding hydrogens is 178 g/mol. The molecule has 1 rings (SSSR count). The zero-order valence-corrected chi connectivity index (χ0v) is 9.41. The van der Waals surface area contributed by atoms with Crippen LogP contribution in [-0.4, -0.2) is 49.0 Å². The van der Waals surface area contributed by atoms with Crippen molar-refractivity contribution >= 4 is 0 Å². The first-order valence-electron chi connectivity index (χ1n) is 5.66. The van der Waals surface area contributed by atoms with E-state index in [4.69, 9.17) is 9.84 Å². The Bertz CT molecular complexity index is 150. The Hall–Kier alpha value is -0.120. The Labute approximate surface area is 87.1 Å². The van der Waals surface area contributed by atoms with E-state index >= 15 is 0 Å². The lowest BCUT2D eigenvalue weighted by Crippen LogP contribution is -2.46. The molecule has 1 saturated heterocycles. The molecular formula is C11H23NO2. The number of nitrogens with zero attached hydrogens (tertiary/aromatic N) is 1. The molecule has 0 saturated carbocycles. The lowest BCUT2D eigenvalue weighted by molar-refractivity contribution is -0.0164. The van der Waals surface area contributed by atoms with Crippen LogP contribution in [0, 0.1) is 5.92 Å². The Morgan fingerprint density at radius 3 is 2.93 bits per heavy atom. The van der Waals surface area contributed by atoms with Gasteiger partial charge in [-0.05, 0) is 18.8 Å². The van der Waals surface area contributed by atoms with Gasteiger partial charge in [-0.2, -0.15) is 0 Å². The third-order valence-corrected chi connectivity index (χ3v) is 2.70. The molecule has 0 amide bonds. The van der Waals surface area contributed by atoms with Crippen LogP contribution in [0.2, 0.25) is 0 Å². The highest BCUT2D eigenvalue weighted by molar-refractivity contribution is 4.76. The van der Waals surface area contributed by atoms with Crippen LogP contribution < -0.4 is 0 Å². The standard InChI is InChI=1S/C11H23NO2/c1-10(2)8-11-9-14-7-5-12(11)4-3-6-13/h10-11,13H,3-9H2,1-2H3. The van der Waals surface area contributed by atoms with Gasteiger partial charge >= 0.3 is 0 Å². The van der Waals surface area contributed by atoms with Crippen molar-refractivity contribution in [3.05, 3.63) is 0 Å². The summed E-state index contributed by atoms with van der Waals surface area (Å²) in [5.74, 6) is 0.721. The topological polar surface area (TPSA) is 32.7 Å². The maximum Gasteiger partial charge on any atom is 0.0622 e. The SMILES string of the molecule is CC(C)CC1COCCN1CCCO. The lowest BCUT2D eigenvalue weighted by Gasteiger charge is -2.36. The summed E-state index contributed by atoms with van der Waals surface area (Å²) < 4.78 is 5.49. The molecule has 0 aromatic heterocycles. The summed E-state index contributed by atoms with van der Waals surface area (Å²) in [7, 11) is 0. The van der Waals surface area contributed by atoms with Crippen LogP contribution in [0.25, 0.3) is 0 Å². The fourth-order valence-corrected chi connectivity index (χ4v) is 2.02. The number of ether oxygens (including phenoxy) is 1. The van der Waals surface area contributed by atoms with E-state index in [1.807, 2.05) is 0 Å². The Balaban J connectivity index is 2.33. The Morgan fingerprint density at radius 1 is 1.50 bits per heavy atom. The van der Waals surface area contributed by atoms with Gasteiger partial charge < -0.3 is 9.84 Å². The second kappa shape index (κ2) is 6.38. The van der Waals surface area contributed by atoms with Gasteiger partial charge in [-0.1, -0.05) is 13.8 Å². The minimum absolute atomic E-state index is 0.297. The first-order chi connectivity index (χ1) is 6.74. The van der Waals surface area contributed by atoms with Crippen LogP contribution in [0.3, 0.4) is 0 Å². The van der Waals surface area contributed by atoms with Crippen LogP contribution >= 0.6 is 0 Å². The van der Waals surface area contributed by atoms with Gasteiger partial charge in [0.05, 0.1) is 13.2 Å². The van der Waals surface area contributed by atoms with E-state index in [9.17, 15) is 0 Å². The zero-order valence-electron chi connectivity index (χ0n) is 9.41. The average molecular weight is 201 g/mol. The molecule has 1 N–H and O–H groups in total. The zero-order chi connectivity index (χ0) is 10.4. The second-order valence-corrected chi connectivity index (χ2v) is 4.47. The minimum Gasteiger partial charge on any atom is -0.396 e. The molecule has 0 aromatic carbocycles. The van der Waals surface area contributed by atoms with Gasteiger partial charge in [0.2, 0.25) is 0 Å². The van der Waals surface area contributed by atoms with Gasteiger partial charge in [-0.15, -0.1) is 0 Å². The average Bonchev–Trinajstić information content (AvgIpc) is 2.16. The van der Waals surface area contributed by atoms with E-state index in [-0.39, 0.29) is 0 Å². The monoisotopic (exact) mass is 201 g/mol. The molecule has 84 valence electrons. The molecule has 0 aromatic rings. The van der Waals surface area contributed by atoms with Gasteiger partial charge in [-0.3, -0.25) is 4.90 Å². The van der Waals surface area contributed by atoms with Gasteiger partial charge in [0.25, 0.3) is 0 Å². The predicted molar refractivity (Wildman–Crippen MR) is 57.3 cm³/mol. The van der Waals surface area contributed by atoms with E-state index in [1.165, 1.54) is 6.42 Å². The minimum atomic E-state index is 0.297. The molecule has 1 fully saturated rings. The summed E-state index contributed by atoms with van der Waals surface area (Å²) in [6, 6.07) is 0.565. The molecule has 0 radical (unpaired) electrons. The third kappa shape index (κ3) is 3.95. The smallest absolute Gasteiger partial charge is 0.0622 e. The fraction of sp³-hybridized carbons (Fsp3) is 1.00. The molecule has 3 nitrogen and oxygen atoms in total. The summed E-state index contributed by atoms with van der Waals surface area (Å²) in [6.45, 7) is 8.54. The van der Waals surface area contributed by atoms with E-state index in [0.29, 0.717) is 12.6 Å². The molecule has 1 heterocycles. The van der Waals surface area contributed by atoms with E-state index in [1.54, 1.807) is 0 Å². The van der Waals surface area contributed by atoms with Crippen molar-refractivity contribution < 1.29 is 9.84 Å². The summed E-state index contributed by atoms with van der Waals surface area (Å²) in [4.78, 5) is 2.46. The van der Waals surface area contributed by atoms with Crippen molar-refractivity contribution in [1.29, 1.82) is 0 Å². The molecule has 0 aliphatic carbocycles. The largest absolute Gasteiger partial charge is 0.396 e. The van der Waals surface area contributed by atoms with Crippen molar-refractivity contribution in [2.75, 3.05) is 32.9 Å². The first-order valence-corrected chi connectivity index (χ1v) is 5.66. The number of rotatable bonds is 5. The van der Waals surface area contributed by atoms with Crippen LogP contribution in [0.15, 0.2) is 0 Å². The summed E-state index contributed by atoms with van der Waals surface area (Å²) >= 11 is 0. The van der Waals surface area contributed by atoms with Gasteiger partial charge in [0.1, 0.15) is 0 Å².